The third-order valence-corrected chi connectivity index (χ3v) is 4.45. The second-order valence-electron chi connectivity index (χ2n) is 4.48. The van der Waals surface area contributed by atoms with Gasteiger partial charge in [0.15, 0.2) is 0 Å². The van der Waals surface area contributed by atoms with Gasteiger partial charge in [-0.1, -0.05) is 0 Å². The van der Waals surface area contributed by atoms with Crippen LogP contribution in [0.1, 0.15) is 26.5 Å². The van der Waals surface area contributed by atoms with Crippen molar-refractivity contribution in [1.29, 1.82) is 0 Å². The predicted molar refractivity (Wildman–Crippen MR) is 76.3 cm³/mol. The lowest BCUT2D eigenvalue weighted by Crippen LogP contribution is -2.25. The van der Waals surface area contributed by atoms with Crippen LogP contribution in [0.2, 0.25) is 0 Å². The fourth-order valence-corrected chi connectivity index (χ4v) is 3.34. The maximum atomic E-state index is 12.0. The first kappa shape index (κ1) is 14.6. The average molecular weight is 299 g/mol. The van der Waals surface area contributed by atoms with E-state index in [2.05, 4.69) is 10.1 Å². The van der Waals surface area contributed by atoms with Gasteiger partial charge < -0.3 is 25.8 Å². The van der Waals surface area contributed by atoms with Crippen LogP contribution in [0.4, 0.5) is 10.7 Å². The second kappa shape index (κ2) is 5.68. The van der Waals surface area contributed by atoms with Gasteiger partial charge in [0.1, 0.15) is 9.88 Å². The van der Waals surface area contributed by atoms with E-state index in [1.54, 1.807) is 0 Å². The molecule has 1 aliphatic heterocycles. The highest BCUT2D eigenvalue weighted by atomic mass is 32.1. The quantitative estimate of drug-likeness (QED) is 0.681. The van der Waals surface area contributed by atoms with E-state index >= 15 is 0 Å². The zero-order valence-corrected chi connectivity index (χ0v) is 12.1. The van der Waals surface area contributed by atoms with Crippen molar-refractivity contribution >= 4 is 33.9 Å². The number of carbonyl (C=O) groups excluding carboxylic acids is 2. The molecule has 0 spiro atoms. The van der Waals surface area contributed by atoms with Crippen LogP contribution in [-0.4, -0.2) is 50.3 Å². The molecule has 0 bridgehead atoms. The zero-order chi connectivity index (χ0) is 14.9. The summed E-state index contributed by atoms with van der Waals surface area (Å²) in [5.74, 6) is -0.922. The van der Waals surface area contributed by atoms with E-state index in [1.165, 1.54) is 14.2 Å². The summed E-state index contributed by atoms with van der Waals surface area (Å²) >= 11 is 1.12. The number of methoxy groups -OCH3 is 1. The van der Waals surface area contributed by atoms with E-state index < -0.39 is 12.1 Å². The lowest BCUT2D eigenvalue weighted by molar-refractivity contribution is 0.0607. The number of carbonyl (C=O) groups is 2. The molecule has 8 heteroatoms. The van der Waals surface area contributed by atoms with E-state index in [4.69, 9.17) is 5.73 Å². The fraction of sp³-hybridized carbons (Fsp3) is 0.500. The molecule has 1 aromatic heterocycles. The Hall–Kier alpha value is -1.80. The second-order valence-corrected chi connectivity index (χ2v) is 5.48. The summed E-state index contributed by atoms with van der Waals surface area (Å²) in [7, 11) is 2.76. The number of β-amino-alcohol motifs (C(OH)–C–C–N with tert-alkyl or cyclic N) is 1. The summed E-state index contributed by atoms with van der Waals surface area (Å²) in [5, 5.41) is 12.7. The van der Waals surface area contributed by atoms with Gasteiger partial charge in [0.2, 0.25) is 0 Å². The van der Waals surface area contributed by atoms with Gasteiger partial charge in [-0.15, -0.1) is 11.3 Å². The summed E-state index contributed by atoms with van der Waals surface area (Å²) in [4.78, 5) is 25.8. The molecule has 110 valence electrons. The predicted octanol–water partition coefficient (Wildman–Crippen LogP) is 0.0475. The summed E-state index contributed by atoms with van der Waals surface area (Å²) in [6.45, 7) is 1.04. The Bertz CT molecular complexity index is 543. The number of ether oxygens (including phenoxy) is 1. The molecule has 0 aliphatic carbocycles. The zero-order valence-electron chi connectivity index (χ0n) is 11.3. The third kappa shape index (κ3) is 2.44. The van der Waals surface area contributed by atoms with Gasteiger partial charge in [-0.3, -0.25) is 4.79 Å². The Labute approximate surface area is 120 Å². The molecular formula is C12H17N3O4S. The molecule has 0 radical (unpaired) electrons. The maximum absolute atomic E-state index is 12.0. The highest BCUT2D eigenvalue weighted by molar-refractivity contribution is 7.19. The van der Waals surface area contributed by atoms with Crippen molar-refractivity contribution < 1.29 is 19.4 Å². The molecule has 2 heterocycles. The van der Waals surface area contributed by atoms with Crippen LogP contribution in [0.25, 0.3) is 0 Å². The first-order chi connectivity index (χ1) is 9.49. The Morgan fingerprint density at radius 1 is 1.55 bits per heavy atom. The van der Waals surface area contributed by atoms with Gasteiger partial charge in [-0.2, -0.15) is 0 Å². The monoisotopic (exact) mass is 299 g/mol. The molecular weight excluding hydrogens is 282 g/mol. The largest absolute Gasteiger partial charge is 0.465 e. The number of thiophene rings is 1. The van der Waals surface area contributed by atoms with E-state index in [1.807, 2.05) is 4.90 Å². The first-order valence-electron chi connectivity index (χ1n) is 6.15. The fourth-order valence-electron chi connectivity index (χ4n) is 2.17. The van der Waals surface area contributed by atoms with Gasteiger partial charge in [-0.05, 0) is 6.42 Å². The van der Waals surface area contributed by atoms with Crippen molar-refractivity contribution in [2.75, 3.05) is 37.9 Å². The minimum atomic E-state index is -0.566. The highest BCUT2D eigenvalue weighted by Crippen LogP contribution is 2.40. The number of nitrogen functional groups attached to an aromatic ring is 1. The maximum Gasteiger partial charge on any atom is 0.350 e. The summed E-state index contributed by atoms with van der Waals surface area (Å²) in [6.07, 6.45) is 0.191. The number of aliphatic hydroxyl groups excluding tert-OH is 1. The normalized spacial score (nSPS) is 18.1. The van der Waals surface area contributed by atoms with Gasteiger partial charge in [0, 0.05) is 20.1 Å². The van der Waals surface area contributed by atoms with Crippen LogP contribution in [0.5, 0.6) is 0 Å². The molecule has 1 amide bonds. The third-order valence-electron chi connectivity index (χ3n) is 3.20. The number of nitrogens with zero attached hydrogens (tertiary/aromatic N) is 1. The van der Waals surface area contributed by atoms with E-state index in [-0.39, 0.29) is 22.0 Å². The number of nitrogens with one attached hydrogen (secondary N) is 1. The van der Waals surface area contributed by atoms with E-state index in [0.29, 0.717) is 24.5 Å². The Kier molecular flexibility index (Phi) is 4.15. The standard InChI is InChI=1S/C12H17N3O4S/c1-14-10(17)7-8(13)9(12(18)19-2)20-11(7)15-4-3-6(16)5-15/h6,16H,3-5,13H2,1-2H3,(H,14,17). The van der Waals surface area contributed by atoms with Gasteiger partial charge in [-0.25, -0.2) is 4.79 Å². The number of hydrogen-bond acceptors (Lipinski definition) is 7. The number of anilines is 2. The molecule has 7 nitrogen and oxygen atoms in total. The molecule has 1 aliphatic rings. The van der Waals surface area contributed by atoms with Crippen LogP contribution < -0.4 is 16.0 Å². The summed E-state index contributed by atoms with van der Waals surface area (Å²) < 4.78 is 4.67. The molecule has 0 saturated carbocycles. The SMILES string of the molecule is CNC(=O)c1c(N2CCC(O)C2)sc(C(=O)OC)c1N. The van der Waals surface area contributed by atoms with Crippen molar-refractivity contribution in [3.63, 3.8) is 0 Å². The number of esters is 1. The number of rotatable bonds is 3. The number of nitrogens with two attached hydrogens (primary N) is 1. The Morgan fingerprint density at radius 2 is 2.25 bits per heavy atom. The first-order valence-corrected chi connectivity index (χ1v) is 6.96. The molecule has 4 N–H and O–H groups in total. The summed E-state index contributed by atoms with van der Waals surface area (Å²) in [6, 6.07) is 0. The number of hydrogen-bond donors (Lipinski definition) is 3. The van der Waals surface area contributed by atoms with Gasteiger partial charge in [0.05, 0.1) is 24.5 Å². The van der Waals surface area contributed by atoms with Crippen molar-refractivity contribution in [3.8, 4) is 0 Å². The molecule has 1 saturated heterocycles. The number of amides is 1. The lowest BCUT2D eigenvalue weighted by atomic mass is 10.2. The number of aliphatic hydroxyl groups is 1. The van der Waals surface area contributed by atoms with Gasteiger partial charge >= 0.3 is 5.97 Å². The van der Waals surface area contributed by atoms with Crippen molar-refractivity contribution in [2.24, 2.45) is 0 Å². The minimum absolute atomic E-state index is 0.123. The van der Waals surface area contributed by atoms with Crippen molar-refractivity contribution in [1.82, 2.24) is 5.32 Å². The van der Waals surface area contributed by atoms with Crippen molar-refractivity contribution in [2.45, 2.75) is 12.5 Å². The minimum Gasteiger partial charge on any atom is -0.465 e. The smallest absolute Gasteiger partial charge is 0.350 e. The van der Waals surface area contributed by atoms with Crippen molar-refractivity contribution in [3.05, 3.63) is 10.4 Å². The molecule has 20 heavy (non-hydrogen) atoms. The van der Waals surface area contributed by atoms with Crippen LogP contribution >= 0.6 is 11.3 Å². The summed E-state index contributed by atoms with van der Waals surface area (Å²) in [5.41, 5.74) is 6.31. The lowest BCUT2D eigenvalue weighted by Gasteiger charge is -2.17. The Morgan fingerprint density at radius 3 is 2.75 bits per heavy atom. The molecule has 1 aromatic rings. The topological polar surface area (TPSA) is 105 Å². The van der Waals surface area contributed by atoms with Crippen LogP contribution in [0.3, 0.4) is 0 Å². The molecule has 1 unspecified atom stereocenters. The Balaban J connectivity index is 2.48. The highest BCUT2D eigenvalue weighted by Gasteiger charge is 2.31. The van der Waals surface area contributed by atoms with Gasteiger partial charge in [0.25, 0.3) is 5.91 Å². The molecule has 1 fully saturated rings. The van der Waals surface area contributed by atoms with Crippen LogP contribution in [0.15, 0.2) is 0 Å². The van der Waals surface area contributed by atoms with E-state index in [9.17, 15) is 14.7 Å². The van der Waals surface area contributed by atoms with E-state index in [0.717, 1.165) is 11.3 Å². The average Bonchev–Trinajstić information content (AvgIpc) is 3.01. The molecule has 1 atom stereocenters. The van der Waals surface area contributed by atoms with Crippen LogP contribution in [0, 0.1) is 0 Å². The molecule has 0 aromatic carbocycles. The van der Waals surface area contributed by atoms with Crippen LogP contribution in [-0.2, 0) is 4.74 Å². The molecule has 2 rings (SSSR count).